The molecule has 0 aliphatic heterocycles. The zero-order chi connectivity index (χ0) is 20.7. The largest absolute Gasteiger partial charge is 0.494 e. The molecule has 1 aromatic heterocycles. The molecule has 1 amide bonds. The molecule has 5 N–H and O–H groups in total. The average molecular weight is 384 g/mol. The van der Waals surface area contributed by atoms with Gasteiger partial charge in [0.1, 0.15) is 0 Å². The molecule has 150 valence electrons. The lowest BCUT2D eigenvalue weighted by Crippen LogP contribution is -2.29. The number of allylic oxidation sites excluding steroid dienone is 1. The van der Waals surface area contributed by atoms with E-state index in [-0.39, 0.29) is 23.9 Å². The maximum atomic E-state index is 12.4. The molecule has 0 atom stereocenters. The summed E-state index contributed by atoms with van der Waals surface area (Å²) in [7, 11) is 0. The fourth-order valence-electron chi connectivity index (χ4n) is 2.87. The number of hydrogen-bond acceptors (Lipinski definition) is 5. The number of carbonyl (C=O) groups is 1. The van der Waals surface area contributed by atoms with Crippen molar-refractivity contribution in [1.29, 1.82) is 5.41 Å². The second-order valence-electron chi connectivity index (χ2n) is 6.56. The molecule has 1 aromatic carbocycles. The van der Waals surface area contributed by atoms with Crippen molar-refractivity contribution >= 4 is 17.5 Å². The van der Waals surface area contributed by atoms with Crippen LogP contribution in [0.15, 0.2) is 36.5 Å². The Labute approximate surface area is 164 Å². The number of anilines is 1. The fourth-order valence-corrected chi connectivity index (χ4v) is 2.87. The summed E-state index contributed by atoms with van der Waals surface area (Å²) in [5, 5.41) is 33.4. The molecule has 0 saturated heterocycles. The van der Waals surface area contributed by atoms with Gasteiger partial charge in [0.2, 0.25) is 0 Å². The van der Waals surface area contributed by atoms with Crippen LogP contribution in [-0.4, -0.2) is 33.8 Å². The van der Waals surface area contributed by atoms with Crippen molar-refractivity contribution < 1.29 is 15.0 Å². The van der Waals surface area contributed by atoms with Gasteiger partial charge in [-0.2, -0.15) is 0 Å². The molecule has 0 radical (unpaired) electrons. The van der Waals surface area contributed by atoms with Crippen molar-refractivity contribution in [2.24, 2.45) is 0 Å². The van der Waals surface area contributed by atoms with Crippen LogP contribution in [0.5, 0.6) is 0 Å². The Morgan fingerprint density at radius 3 is 2.57 bits per heavy atom. The molecule has 0 saturated carbocycles. The summed E-state index contributed by atoms with van der Waals surface area (Å²) in [5.41, 5.74) is 4.20. The summed E-state index contributed by atoms with van der Waals surface area (Å²) in [4.78, 5) is 12.4. The Morgan fingerprint density at radius 1 is 1.29 bits per heavy atom. The molecule has 2 aromatic rings. The van der Waals surface area contributed by atoms with E-state index in [4.69, 9.17) is 10.5 Å². The van der Waals surface area contributed by atoms with Crippen LogP contribution in [-0.2, 0) is 6.54 Å². The molecule has 0 aliphatic carbocycles. The van der Waals surface area contributed by atoms with Gasteiger partial charge in [-0.1, -0.05) is 18.2 Å². The number of hydrogen-bond donors (Lipinski definition) is 5. The monoisotopic (exact) mass is 384 g/mol. The lowest BCUT2D eigenvalue weighted by atomic mass is 10.0. The summed E-state index contributed by atoms with van der Waals surface area (Å²) >= 11 is 0. The SMILES string of the molecule is C/C=C(\O)n1cc(C(=O)NCCCO)cc(NCc2c(C)cccc2C)c1=N. The summed E-state index contributed by atoms with van der Waals surface area (Å²) in [5.74, 6) is -0.466. The van der Waals surface area contributed by atoms with Crippen molar-refractivity contribution in [3.63, 3.8) is 0 Å². The highest BCUT2D eigenvalue weighted by atomic mass is 16.3. The topological polar surface area (TPSA) is 110 Å². The van der Waals surface area contributed by atoms with Crippen LogP contribution in [0.25, 0.3) is 5.88 Å². The van der Waals surface area contributed by atoms with Gasteiger partial charge in [0.15, 0.2) is 11.4 Å². The third-order valence-corrected chi connectivity index (χ3v) is 4.55. The molecule has 7 heteroatoms. The van der Waals surface area contributed by atoms with Crippen LogP contribution in [0, 0.1) is 19.3 Å². The number of rotatable bonds is 8. The zero-order valence-electron chi connectivity index (χ0n) is 16.5. The Kier molecular flexibility index (Phi) is 7.40. The summed E-state index contributed by atoms with van der Waals surface area (Å²) in [6.07, 6.45) is 3.34. The van der Waals surface area contributed by atoms with Gasteiger partial charge < -0.3 is 20.8 Å². The minimum absolute atomic E-state index is 0.00607. The smallest absolute Gasteiger partial charge is 0.252 e. The van der Waals surface area contributed by atoms with E-state index in [0.29, 0.717) is 30.8 Å². The number of aliphatic hydroxyl groups excluding tert-OH is 2. The fraction of sp³-hybridized carbons (Fsp3) is 0.333. The van der Waals surface area contributed by atoms with Gasteiger partial charge in [0.05, 0.1) is 11.3 Å². The standard InChI is InChI=1S/C21H28N4O3/c1-4-19(27)25-13-16(21(28)23-9-6-10-26)11-18(20(25)22)24-12-17-14(2)7-5-8-15(17)3/h4-5,7-8,11,13,22,24,26-27H,6,9-10,12H2,1-3H3,(H,23,28)/b19-4-,22-20?. The molecule has 0 spiro atoms. The Morgan fingerprint density at radius 2 is 1.96 bits per heavy atom. The van der Waals surface area contributed by atoms with Gasteiger partial charge in [-0.3, -0.25) is 14.8 Å². The normalized spacial score (nSPS) is 11.4. The second-order valence-corrected chi connectivity index (χ2v) is 6.56. The van der Waals surface area contributed by atoms with Gasteiger partial charge in [-0.25, -0.2) is 0 Å². The highest BCUT2D eigenvalue weighted by molar-refractivity contribution is 5.94. The molecule has 28 heavy (non-hydrogen) atoms. The van der Waals surface area contributed by atoms with Crippen molar-refractivity contribution in [1.82, 2.24) is 9.88 Å². The number of nitrogens with one attached hydrogen (secondary N) is 3. The number of carbonyl (C=O) groups excluding carboxylic acids is 1. The maximum Gasteiger partial charge on any atom is 0.252 e. The minimum Gasteiger partial charge on any atom is -0.494 e. The number of aliphatic hydroxyl groups is 2. The Bertz CT molecular complexity index is 911. The number of aromatic nitrogens is 1. The molecule has 2 rings (SSSR count). The van der Waals surface area contributed by atoms with Crippen molar-refractivity contribution in [2.45, 2.75) is 33.7 Å². The van der Waals surface area contributed by atoms with Gasteiger partial charge in [0.25, 0.3) is 5.91 Å². The molecular formula is C21H28N4O3. The molecule has 0 fully saturated rings. The summed E-state index contributed by atoms with van der Waals surface area (Å²) in [6.45, 7) is 6.55. The lowest BCUT2D eigenvalue weighted by Gasteiger charge is -2.16. The van der Waals surface area contributed by atoms with E-state index in [1.54, 1.807) is 13.0 Å². The van der Waals surface area contributed by atoms with Crippen molar-refractivity contribution in [3.8, 4) is 0 Å². The Balaban J connectivity index is 2.37. The Hall–Kier alpha value is -3.06. The summed E-state index contributed by atoms with van der Waals surface area (Å²) < 4.78 is 1.26. The van der Waals surface area contributed by atoms with Gasteiger partial charge in [0, 0.05) is 25.9 Å². The van der Waals surface area contributed by atoms with Crippen LogP contribution < -0.4 is 16.1 Å². The van der Waals surface area contributed by atoms with Gasteiger partial charge in [-0.05, 0) is 56.0 Å². The van der Waals surface area contributed by atoms with E-state index < -0.39 is 0 Å². The third kappa shape index (κ3) is 5.01. The molecule has 7 nitrogen and oxygen atoms in total. The molecule has 0 bridgehead atoms. The average Bonchev–Trinajstić information content (AvgIpc) is 2.68. The number of nitrogens with zero attached hydrogens (tertiary/aromatic N) is 1. The van der Waals surface area contributed by atoms with Gasteiger partial charge >= 0.3 is 0 Å². The van der Waals surface area contributed by atoms with E-state index in [1.165, 1.54) is 16.8 Å². The predicted molar refractivity (Wildman–Crippen MR) is 110 cm³/mol. The second kappa shape index (κ2) is 9.75. The lowest BCUT2D eigenvalue weighted by molar-refractivity contribution is 0.0950. The first kappa shape index (κ1) is 21.2. The molecule has 1 heterocycles. The highest BCUT2D eigenvalue weighted by Crippen LogP contribution is 2.16. The number of aryl methyl sites for hydroxylation is 2. The minimum atomic E-state index is -0.332. The van der Waals surface area contributed by atoms with Crippen LogP contribution in [0.3, 0.4) is 0 Å². The van der Waals surface area contributed by atoms with Crippen LogP contribution in [0.2, 0.25) is 0 Å². The first-order valence-corrected chi connectivity index (χ1v) is 9.24. The van der Waals surface area contributed by atoms with E-state index >= 15 is 0 Å². The highest BCUT2D eigenvalue weighted by Gasteiger charge is 2.13. The van der Waals surface area contributed by atoms with E-state index in [9.17, 15) is 9.90 Å². The van der Waals surface area contributed by atoms with E-state index in [0.717, 1.165) is 16.7 Å². The summed E-state index contributed by atoms with van der Waals surface area (Å²) in [6, 6.07) is 7.66. The maximum absolute atomic E-state index is 12.4. The van der Waals surface area contributed by atoms with Crippen LogP contribution in [0.1, 0.15) is 40.4 Å². The third-order valence-electron chi connectivity index (χ3n) is 4.55. The first-order chi connectivity index (χ1) is 13.4. The number of amides is 1. The van der Waals surface area contributed by atoms with E-state index in [2.05, 4.69) is 10.6 Å². The van der Waals surface area contributed by atoms with Crippen LogP contribution in [0.4, 0.5) is 5.69 Å². The van der Waals surface area contributed by atoms with Crippen LogP contribution >= 0.6 is 0 Å². The molecular weight excluding hydrogens is 356 g/mol. The quantitative estimate of drug-likeness (QED) is 0.356. The van der Waals surface area contributed by atoms with Gasteiger partial charge in [-0.15, -0.1) is 0 Å². The van der Waals surface area contributed by atoms with E-state index in [1.807, 2.05) is 32.0 Å². The van der Waals surface area contributed by atoms with Crippen molar-refractivity contribution in [2.75, 3.05) is 18.5 Å². The number of pyridine rings is 1. The first-order valence-electron chi connectivity index (χ1n) is 9.24. The molecule has 0 aliphatic rings. The molecule has 0 unspecified atom stereocenters. The van der Waals surface area contributed by atoms with Crippen molar-refractivity contribution in [3.05, 3.63) is 64.3 Å². The number of benzene rings is 1. The predicted octanol–water partition coefficient (Wildman–Crippen LogP) is 2.69. The zero-order valence-corrected chi connectivity index (χ0v) is 16.5.